The molecule has 2 aliphatic rings. The van der Waals surface area contributed by atoms with Crippen LogP contribution < -0.4 is 0 Å². The molecule has 260 valence electrons. The largest absolute Gasteiger partial charge is 0.460 e. The first-order valence-corrected chi connectivity index (χ1v) is 12.0. The van der Waals surface area contributed by atoms with Gasteiger partial charge in [0.1, 0.15) is 18.3 Å². The Bertz CT molecular complexity index is 1200. The molecule has 0 aromatic heterocycles. The fraction of sp³-hybridized carbons (Fsp3) is 0.739. The molecule has 0 amide bonds. The van der Waals surface area contributed by atoms with Crippen molar-refractivity contribution in [3.8, 4) is 0 Å². The molecule has 0 saturated carbocycles. The van der Waals surface area contributed by atoms with Crippen molar-refractivity contribution < 1.29 is 98.7 Å². The first-order chi connectivity index (χ1) is 19.9. The number of aliphatic hydroxyl groups is 1. The van der Waals surface area contributed by atoms with Gasteiger partial charge in [-0.15, -0.1) is 0 Å². The van der Waals surface area contributed by atoms with Gasteiger partial charge in [-0.3, -0.25) is 0 Å². The molecule has 1 N–H and O–H groups in total. The molecule has 2 aliphatic heterocycles. The van der Waals surface area contributed by atoms with Crippen molar-refractivity contribution in [1.82, 2.24) is 0 Å². The minimum absolute atomic E-state index is 0.217. The maximum Gasteiger partial charge on any atom is 0.460 e. The van der Waals surface area contributed by atoms with Crippen molar-refractivity contribution in [2.75, 3.05) is 0 Å². The van der Waals surface area contributed by atoms with E-state index >= 15 is 0 Å². The summed E-state index contributed by atoms with van der Waals surface area (Å²) in [6.07, 6.45) is -21.3. The molecular formula is C23H19F17O5. The smallest absolute Gasteiger partial charge is 0.384 e. The van der Waals surface area contributed by atoms with E-state index in [2.05, 4.69) is 0 Å². The van der Waals surface area contributed by atoms with Gasteiger partial charge < -0.3 is 24.1 Å². The van der Waals surface area contributed by atoms with E-state index in [-0.39, 0.29) is 5.56 Å². The highest BCUT2D eigenvalue weighted by molar-refractivity contribution is 5.17. The normalized spacial score (nSPS) is 26.2. The molecule has 1 aromatic carbocycles. The molecule has 5 atom stereocenters. The van der Waals surface area contributed by atoms with Crippen LogP contribution in [0.25, 0.3) is 0 Å². The average Bonchev–Trinajstić information content (AvgIpc) is 3.37. The van der Waals surface area contributed by atoms with E-state index in [0.29, 0.717) is 0 Å². The number of hydrogen-bond donors (Lipinski definition) is 1. The summed E-state index contributed by atoms with van der Waals surface area (Å²) < 4.78 is 253. The number of aliphatic hydroxyl groups excluding tert-OH is 1. The van der Waals surface area contributed by atoms with Gasteiger partial charge in [-0.25, -0.2) is 0 Å². The Morgan fingerprint density at radius 2 is 1.13 bits per heavy atom. The number of alkyl halides is 17. The third-order valence-corrected chi connectivity index (χ3v) is 6.74. The first kappa shape index (κ1) is 37.3. The van der Waals surface area contributed by atoms with Gasteiger partial charge in [-0.05, 0) is 19.4 Å². The molecule has 2 fully saturated rings. The summed E-state index contributed by atoms with van der Waals surface area (Å²) in [7, 11) is 0. The molecule has 0 aliphatic carbocycles. The van der Waals surface area contributed by atoms with E-state index in [1.807, 2.05) is 0 Å². The minimum atomic E-state index is -8.79. The maximum absolute atomic E-state index is 14.9. The van der Waals surface area contributed by atoms with Gasteiger partial charge >= 0.3 is 47.6 Å². The third-order valence-electron chi connectivity index (χ3n) is 6.74. The summed E-state index contributed by atoms with van der Waals surface area (Å²) in [4.78, 5) is 0. The lowest BCUT2D eigenvalue weighted by Crippen LogP contribution is -2.75. The monoisotopic (exact) mass is 698 g/mol. The summed E-state index contributed by atoms with van der Waals surface area (Å²) in [5.41, 5.74) is 0.217. The first-order valence-electron chi connectivity index (χ1n) is 12.0. The molecule has 45 heavy (non-hydrogen) atoms. The quantitative estimate of drug-likeness (QED) is 0.258. The van der Waals surface area contributed by atoms with Crippen LogP contribution in [0, 0.1) is 0 Å². The topological polar surface area (TPSA) is 57.2 Å². The second-order valence-corrected chi connectivity index (χ2v) is 10.3. The Hall–Kier alpha value is -2.17. The van der Waals surface area contributed by atoms with Crippen LogP contribution in [-0.2, 0) is 25.6 Å². The Morgan fingerprint density at radius 1 is 0.689 bits per heavy atom. The predicted octanol–water partition coefficient (Wildman–Crippen LogP) is 6.82. The fourth-order valence-electron chi connectivity index (χ4n) is 4.28. The molecule has 0 spiro atoms. The van der Waals surface area contributed by atoms with Crippen molar-refractivity contribution in [3.05, 3.63) is 35.9 Å². The zero-order chi connectivity index (χ0) is 35.0. The summed E-state index contributed by atoms with van der Waals surface area (Å²) in [6.45, 7) is 1.74. The molecular weight excluding hydrogens is 679 g/mol. The Labute approximate surface area is 240 Å². The van der Waals surface area contributed by atoms with Gasteiger partial charge in [0.05, 0.1) is 6.61 Å². The van der Waals surface area contributed by atoms with Crippen LogP contribution in [0.5, 0.6) is 0 Å². The van der Waals surface area contributed by atoms with Crippen LogP contribution in [0.15, 0.2) is 30.3 Å². The molecule has 3 rings (SSSR count). The van der Waals surface area contributed by atoms with E-state index in [9.17, 15) is 79.7 Å². The number of ether oxygens (including phenoxy) is 4. The molecule has 2 saturated heterocycles. The highest BCUT2D eigenvalue weighted by Gasteiger charge is 2.95. The van der Waals surface area contributed by atoms with Crippen molar-refractivity contribution in [2.24, 2.45) is 0 Å². The summed E-state index contributed by atoms with van der Waals surface area (Å²) >= 11 is 0. The molecule has 2 heterocycles. The molecule has 22 heteroatoms. The van der Waals surface area contributed by atoms with Crippen molar-refractivity contribution in [1.29, 1.82) is 0 Å². The Kier molecular flexibility index (Phi) is 9.07. The zero-order valence-electron chi connectivity index (χ0n) is 22.0. The lowest BCUT2D eigenvalue weighted by Gasteiger charge is -2.44. The maximum atomic E-state index is 14.9. The number of fused-ring (bicyclic) bond motifs is 1. The van der Waals surface area contributed by atoms with E-state index < -0.39 is 90.7 Å². The summed E-state index contributed by atoms with van der Waals surface area (Å²) in [6, 6.07) is 7.01. The van der Waals surface area contributed by atoms with Crippen LogP contribution in [0.1, 0.15) is 19.4 Å². The van der Waals surface area contributed by atoms with Crippen LogP contribution in [-0.4, -0.2) is 89.2 Å². The van der Waals surface area contributed by atoms with Crippen LogP contribution in [0.2, 0.25) is 0 Å². The molecule has 1 aromatic rings. The van der Waals surface area contributed by atoms with Gasteiger partial charge in [0.15, 0.2) is 18.2 Å². The minimum Gasteiger partial charge on any atom is -0.384 e. The number of rotatable bonds is 11. The highest BCUT2D eigenvalue weighted by Crippen LogP contribution is 2.64. The highest BCUT2D eigenvalue weighted by atomic mass is 19.4. The van der Waals surface area contributed by atoms with Gasteiger partial charge in [0.2, 0.25) is 0 Å². The number of benzene rings is 1. The second kappa shape index (κ2) is 10.9. The summed E-state index contributed by atoms with van der Waals surface area (Å²) in [5.74, 6) is -59.9. The van der Waals surface area contributed by atoms with Crippen molar-refractivity contribution in [2.45, 2.75) is 105 Å². The molecule has 0 radical (unpaired) electrons. The fourth-order valence-corrected chi connectivity index (χ4v) is 4.28. The van der Waals surface area contributed by atoms with E-state index in [1.165, 1.54) is 44.2 Å². The van der Waals surface area contributed by atoms with Crippen LogP contribution in [0.3, 0.4) is 0 Å². The Morgan fingerprint density at radius 3 is 1.60 bits per heavy atom. The zero-order valence-corrected chi connectivity index (χ0v) is 22.0. The van der Waals surface area contributed by atoms with E-state index in [4.69, 9.17) is 18.9 Å². The lowest BCUT2D eigenvalue weighted by molar-refractivity contribution is -0.465. The van der Waals surface area contributed by atoms with Gasteiger partial charge in [0, 0.05) is 0 Å². The molecule has 0 unspecified atom stereocenters. The van der Waals surface area contributed by atoms with Crippen molar-refractivity contribution >= 4 is 0 Å². The second-order valence-electron chi connectivity index (χ2n) is 10.3. The summed E-state index contributed by atoms with van der Waals surface area (Å²) in [5, 5.41) is 10.1. The lowest BCUT2D eigenvalue weighted by atomic mass is 9.86. The van der Waals surface area contributed by atoms with Gasteiger partial charge in [-0.1, -0.05) is 30.3 Å². The third kappa shape index (κ3) is 5.50. The van der Waals surface area contributed by atoms with Crippen LogP contribution >= 0.6 is 0 Å². The average molecular weight is 698 g/mol. The van der Waals surface area contributed by atoms with Gasteiger partial charge in [-0.2, -0.15) is 74.6 Å². The standard InChI is InChI=1S/C23H19F17O5/c1-15(2)44-12-10(42-8-9-6-4-3-5-7-9)11(43-14(12)45-15)13(41)16(24,25)17(26,27)18(28,29)19(30,31)20(32,33)21(34,35)22(36,37)23(38,39)40/h3-7,10-14,41H,8H2,1-2H3/t10-,11-,12+,13-,14+/m0/s1. The van der Waals surface area contributed by atoms with Crippen molar-refractivity contribution in [3.63, 3.8) is 0 Å². The molecule has 5 nitrogen and oxygen atoms in total. The Balaban J connectivity index is 2.01. The molecule has 0 bridgehead atoms. The predicted molar refractivity (Wildman–Crippen MR) is 110 cm³/mol. The van der Waals surface area contributed by atoms with E-state index in [0.717, 1.165) is 0 Å². The van der Waals surface area contributed by atoms with E-state index in [1.54, 1.807) is 0 Å². The van der Waals surface area contributed by atoms with Crippen LogP contribution in [0.4, 0.5) is 74.6 Å². The van der Waals surface area contributed by atoms with Gasteiger partial charge in [0.25, 0.3) is 0 Å². The number of hydrogen-bond acceptors (Lipinski definition) is 5. The number of halogens is 17. The SMILES string of the molecule is CC1(C)O[C@H]2O[C@H]([C@H](O)C(F)(F)C(F)(F)C(F)(F)C(F)(F)C(F)(F)C(F)(F)C(F)(F)C(F)(F)F)[C@H](OCc3ccccc3)[C@H]2O1.